The van der Waals surface area contributed by atoms with Gasteiger partial charge in [-0.3, -0.25) is 0 Å². The highest BCUT2D eigenvalue weighted by molar-refractivity contribution is 5.67. The van der Waals surface area contributed by atoms with Gasteiger partial charge < -0.3 is 4.57 Å². The smallest absolute Gasteiger partial charge is 0.351 e. The summed E-state index contributed by atoms with van der Waals surface area (Å²) < 4.78 is 78.9. The second-order valence-corrected chi connectivity index (χ2v) is 4.23. The summed E-state index contributed by atoms with van der Waals surface area (Å²) in [7, 11) is 1.47. The van der Waals surface area contributed by atoms with E-state index in [1.54, 1.807) is 0 Å². The van der Waals surface area contributed by atoms with Gasteiger partial charge in [0, 0.05) is 24.5 Å². The highest BCUT2D eigenvalue weighted by atomic mass is 19.4. The summed E-state index contributed by atoms with van der Waals surface area (Å²) >= 11 is 0. The maximum Gasteiger partial charge on any atom is 0.417 e. The lowest BCUT2D eigenvalue weighted by molar-refractivity contribution is -0.161. The lowest BCUT2D eigenvalue weighted by Crippen LogP contribution is -2.18. The Kier molecular flexibility index (Phi) is 3.31. The maximum atomic E-state index is 13.1. The molecule has 0 amide bonds. The number of rotatable bonds is 1. The van der Waals surface area contributed by atoms with Crippen LogP contribution in [0.15, 0.2) is 36.5 Å². The Morgan fingerprint density at radius 2 is 1.50 bits per heavy atom. The SMILES string of the molecule is Cn1cccc1-c1cccc(C(F)(F)F)c1C(F)(F)F. The van der Waals surface area contributed by atoms with Crippen molar-refractivity contribution in [2.75, 3.05) is 0 Å². The number of alkyl halides is 6. The molecule has 1 aromatic carbocycles. The van der Waals surface area contributed by atoms with Crippen molar-refractivity contribution >= 4 is 0 Å². The first-order chi connectivity index (χ1) is 9.12. The molecule has 0 aliphatic carbocycles. The minimum Gasteiger partial charge on any atom is -0.351 e. The van der Waals surface area contributed by atoms with Gasteiger partial charge in [0.25, 0.3) is 0 Å². The molecule has 0 bridgehead atoms. The molecule has 2 aromatic rings. The zero-order valence-electron chi connectivity index (χ0n) is 10.2. The van der Waals surface area contributed by atoms with Gasteiger partial charge in [-0.15, -0.1) is 0 Å². The summed E-state index contributed by atoms with van der Waals surface area (Å²) in [5.74, 6) is 0. The van der Waals surface area contributed by atoms with E-state index >= 15 is 0 Å². The fourth-order valence-corrected chi connectivity index (χ4v) is 2.05. The van der Waals surface area contributed by atoms with E-state index in [9.17, 15) is 26.3 Å². The molecule has 108 valence electrons. The van der Waals surface area contributed by atoms with E-state index in [2.05, 4.69) is 0 Å². The molecule has 1 nitrogen and oxygen atoms in total. The summed E-state index contributed by atoms with van der Waals surface area (Å²) in [4.78, 5) is 0. The minimum atomic E-state index is -5.09. The zero-order valence-corrected chi connectivity index (χ0v) is 10.2. The van der Waals surface area contributed by atoms with E-state index in [0.29, 0.717) is 6.07 Å². The number of hydrogen-bond acceptors (Lipinski definition) is 0. The molecular formula is C13H9F6N. The third-order valence-electron chi connectivity index (χ3n) is 2.87. The largest absolute Gasteiger partial charge is 0.417 e. The molecule has 0 aliphatic heterocycles. The summed E-state index contributed by atoms with van der Waals surface area (Å²) in [6.45, 7) is 0. The first-order valence-corrected chi connectivity index (χ1v) is 5.51. The molecule has 1 heterocycles. The van der Waals surface area contributed by atoms with Crippen molar-refractivity contribution in [1.82, 2.24) is 4.57 Å². The monoisotopic (exact) mass is 293 g/mol. The second-order valence-electron chi connectivity index (χ2n) is 4.23. The van der Waals surface area contributed by atoms with Crippen molar-refractivity contribution in [2.24, 2.45) is 7.05 Å². The molecular weight excluding hydrogens is 284 g/mol. The number of hydrogen-bond donors (Lipinski definition) is 0. The van der Waals surface area contributed by atoms with Crippen molar-refractivity contribution < 1.29 is 26.3 Å². The molecule has 2 rings (SSSR count). The van der Waals surface area contributed by atoms with Gasteiger partial charge in [0.1, 0.15) is 0 Å². The van der Waals surface area contributed by atoms with Crippen LogP contribution in [0.25, 0.3) is 11.3 Å². The van der Waals surface area contributed by atoms with E-state index in [1.165, 1.54) is 29.9 Å². The maximum absolute atomic E-state index is 13.1. The van der Waals surface area contributed by atoms with Gasteiger partial charge in [-0.25, -0.2) is 0 Å². The van der Waals surface area contributed by atoms with Crippen LogP contribution < -0.4 is 0 Å². The summed E-state index contributed by atoms with van der Waals surface area (Å²) in [5.41, 5.74) is -3.75. The predicted molar refractivity (Wildman–Crippen MR) is 60.9 cm³/mol. The van der Waals surface area contributed by atoms with E-state index in [1.807, 2.05) is 0 Å². The Morgan fingerprint density at radius 3 is 1.95 bits per heavy atom. The second kappa shape index (κ2) is 4.57. The molecule has 0 unspecified atom stereocenters. The lowest BCUT2D eigenvalue weighted by atomic mass is 9.97. The highest BCUT2D eigenvalue weighted by Gasteiger charge is 2.45. The fraction of sp³-hybridized carbons (Fsp3) is 0.231. The third-order valence-corrected chi connectivity index (χ3v) is 2.87. The molecule has 20 heavy (non-hydrogen) atoms. The third kappa shape index (κ3) is 2.52. The van der Waals surface area contributed by atoms with Crippen molar-refractivity contribution in [3.8, 4) is 11.3 Å². The van der Waals surface area contributed by atoms with Crippen LogP contribution in [-0.4, -0.2) is 4.57 Å². The number of benzene rings is 1. The quantitative estimate of drug-likeness (QED) is 0.670. The molecule has 0 atom stereocenters. The van der Waals surface area contributed by atoms with Crippen LogP contribution in [0.3, 0.4) is 0 Å². The molecule has 0 spiro atoms. The summed E-state index contributed by atoms with van der Waals surface area (Å²) in [6, 6.07) is 5.25. The summed E-state index contributed by atoms with van der Waals surface area (Å²) in [5, 5.41) is 0. The van der Waals surface area contributed by atoms with Crippen molar-refractivity contribution in [2.45, 2.75) is 12.4 Å². The van der Waals surface area contributed by atoms with Gasteiger partial charge in [0.05, 0.1) is 11.1 Å². The highest BCUT2D eigenvalue weighted by Crippen LogP contribution is 2.44. The number of aryl methyl sites for hydroxylation is 1. The average Bonchev–Trinajstić information content (AvgIpc) is 2.72. The first kappa shape index (κ1) is 14.5. The Balaban J connectivity index is 2.80. The molecule has 0 aliphatic rings. The molecule has 1 aromatic heterocycles. The van der Waals surface area contributed by atoms with Gasteiger partial charge >= 0.3 is 12.4 Å². The molecule has 0 fully saturated rings. The first-order valence-electron chi connectivity index (χ1n) is 5.51. The number of halogens is 6. The Hall–Kier alpha value is -1.92. The topological polar surface area (TPSA) is 4.93 Å². The molecule has 0 radical (unpaired) electrons. The molecule has 0 saturated heterocycles. The molecule has 0 N–H and O–H groups in total. The van der Waals surface area contributed by atoms with Gasteiger partial charge in [-0.05, 0) is 18.2 Å². The Labute approximate surface area is 110 Å². The van der Waals surface area contributed by atoms with Crippen LogP contribution in [0.1, 0.15) is 11.1 Å². The van der Waals surface area contributed by atoms with Gasteiger partial charge in [0.15, 0.2) is 0 Å². The minimum absolute atomic E-state index is 0.0726. The van der Waals surface area contributed by atoms with Crippen LogP contribution in [0.2, 0.25) is 0 Å². The molecule has 0 saturated carbocycles. The lowest BCUT2D eigenvalue weighted by Gasteiger charge is -2.19. The van der Waals surface area contributed by atoms with E-state index < -0.39 is 29.0 Å². The zero-order chi connectivity index (χ0) is 15.1. The van der Waals surface area contributed by atoms with Crippen molar-refractivity contribution in [1.29, 1.82) is 0 Å². The van der Waals surface area contributed by atoms with Crippen LogP contribution >= 0.6 is 0 Å². The van der Waals surface area contributed by atoms with Crippen LogP contribution in [0, 0.1) is 0 Å². The van der Waals surface area contributed by atoms with E-state index in [-0.39, 0.29) is 5.69 Å². The number of aromatic nitrogens is 1. The normalized spacial score (nSPS) is 12.8. The van der Waals surface area contributed by atoms with Crippen LogP contribution in [0.5, 0.6) is 0 Å². The number of nitrogens with zero attached hydrogens (tertiary/aromatic N) is 1. The Morgan fingerprint density at radius 1 is 0.850 bits per heavy atom. The average molecular weight is 293 g/mol. The Bertz CT molecular complexity index is 621. The van der Waals surface area contributed by atoms with Gasteiger partial charge in [0.2, 0.25) is 0 Å². The van der Waals surface area contributed by atoms with Crippen LogP contribution in [0.4, 0.5) is 26.3 Å². The van der Waals surface area contributed by atoms with E-state index in [0.717, 1.165) is 12.1 Å². The van der Waals surface area contributed by atoms with Crippen molar-refractivity contribution in [3.05, 3.63) is 47.7 Å². The van der Waals surface area contributed by atoms with Crippen LogP contribution in [-0.2, 0) is 19.4 Å². The van der Waals surface area contributed by atoms with E-state index in [4.69, 9.17) is 0 Å². The predicted octanol–water partition coefficient (Wildman–Crippen LogP) is 4.73. The standard InChI is InChI=1S/C13H9F6N/c1-20-7-3-6-10(20)8-4-2-5-9(12(14,15)16)11(8)13(17,18)19/h2-7H,1H3. The van der Waals surface area contributed by atoms with Gasteiger partial charge in [-0.2, -0.15) is 26.3 Å². The summed E-state index contributed by atoms with van der Waals surface area (Å²) in [6.07, 6.45) is -8.69. The van der Waals surface area contributed by atoms with Crippen molar-refractivity contribution in [3.63, 3.8) is 0 Å². The van der Waals surface area contributed by atoms with Gasteiger partial charge in [-0.1, -0.05) is 12.1 Å². The molecule has 7 heteroatoms. The fourth-order valence-electron chi connectivity index (χ4n) is 2.05.